The van der Waals surface area contributed by atoms with Crippen LogP contribution in [0.25, 0.3) is 0 Å². The van der Waals surface area contributed by atoms with Crippen molar-refractivity contribution in [1.29, 1.82) is 0 Å². The van der Waals surface area contributed by atoms with Gasteiger partial charge >= 0.3 is 5.97 Å². The highest BCUT2D eigenvalue weighted by Crippen LogP contribution is 2.58. The smallest absolute Gasteiger partial charge is 0.334 e. The van der Waals surface area contributed by atoms with Gasteiger partial charge in [0.15, 0.2) is 5.78 Å². The van der Waals surface area contributed by atoms with Gasteiger partial charge in [0.2, 0.25) is 0 Å². The number of hydrogen-bond acceptors (Lipinski definition) is 3. The van der Waals surface area contributed by atoms with Crippen LogP contribution in [0, 0.1) is 29.1 Å². The zero-order valence-corrected chi connectivity index (χ0v) is 18.5. The molecule has 0 heterocycles. The first-order valence-electron chi connectivity index (χ1n) is 11.1. The van der Waals surface area contributed by atoms with Gasteiger partial charge in [0.1, 0.15) is 0 Å². The molecule has 0 amide bonds. The summed E-state index contributed by atoms with van der Waals surface area (Å²) in [6.07, 6.45) is 8.41. The van der Waals surface area contributed by atoms with Crippen LogP contribution in [0.2, 0.25) is 0 Å². The molecule has 6 atom stereocenters. The monoisotopic (exact) mass is 400 g/mol. The Morgan fingerprint density at radius 2 is 2.07 bits per heavy atom. The predicted octanol–water partition coefficient (Wildman–Crippen LogP) is 5.08. The van der Waals surface area contributed by atoms with Crippen LogP contribution in [-0.2, 0) is 9.59 Å². The fourth-order valence-corrected chi connectivity index (χ4v) is 6.27. The van der Waals surface area contributed by atoms with E-state index in [-0.39, 0.29) is 28.6 Å². The molecule has 2 N–H and O–H groups in total. The van der Waals surface area contributed by atoms with Gasteiger partial charge in [-0.15, -0.1) is 0 Å². The van der Waals surface area contributed by atoms with Crippen molar-refractivity contribution in [2.24, 2.45) is 29.1 Å². The minimum atomic E-state index is -1.15. The van der Waals surface area contributed by atoms with Crippen molar-refractivity contribution in [2.45, 2.75) is 79.2 Å². The maximum Gasteiger partial charge on any atom is 0.334 e. The molecule has 0 spiro atoms. The van der Waals surface area contributed by atoms with Crippen molar-refractivity contribution in [1.82, 2.24) is 0 Å². The first-order chi connectivity index (χ1) is 13.5. The summed E-state index contributed by atoms with van der Waals surface area (Å²) in [5.74, 6) is -0.255. The summed E-state index contributed by atoms with van der Waals surface area (Å²) in [4.78, 5) is 24.6. The molecule has 29 heavy (non-hydrogen) atoms. The average Bonchev–Trinajstić information content (AvgIpc) is 3.04. The van der Waals surface area contributed by atoms with Crippen molar-refractivity contribution < 1.29 is 19.8 Å². The van der Waals surface area contributed by atoms with E-state index in [1.807, 2.05) is 6.92 Å². The Bertz CT molecular complexity index is 783. The zero-order valence-electron chi connectivity index (χ0n) is 18.5. The number of aliphatic carboxylic acids is 1. The van der Waals surface area contributed by atoms with E-state index in [1.165, 1.54) is 5.57 Å². The van der Waals surface area contributed by atoms with E-state index in [0.29, 0.717) is 23.8 Å². The number of carboxylic acid groups (broad SMARTS) is 1. The number of rotatable bonds is 5. The molecule has 4 nitrogen and oxygen atoms in total. The molecule has 3 rings (SSSR count). The minimum Gasteiger partial charge on any atom is -0.478 e. The van der Waals surface area contributed by atoms with Crippen molar-refractivity contribution in [3.8, 4) is 0 Å². The Morgan fingerprint density at radius 3 is 2.69 bits per heavy atom. The Labute approximate surface area is 174 Å². The standard InChI is InChI=1S/C25H36O4/c1-14(2)7-6-8-15(3)17-9-10-25(5)13-18-16(4)11-20(26)22(18)23(24(28)29)21(27)12-19(17)25/h7,11,15,17-19,21,27H,6,8-10,12-13H2,1-5H3,(H,28,29). The van der Waals surface area contributed by atoms with Crippen LogP contribution in [-0.4, -0.2) is 28.1 Å². The fraction of sp³-hybridized carbons (Fsp3) is 0.680. The van der Waals surface area contributed by atoms with E-state index in [2.05, 4.69) is 33.8 Å². The number of allylic oxidation sites excluding steroid dienone is 5. The van der Waals surface area contributed by atoms with Gasteiger partial charge in [-0.3, -0.25) is 4.79 Å². The lowest BCUT2D eigenvalue weighted by molar-refractivity contribution is -0.134. The summed E-state index contributed by atoms with van der Waals surface area (Å²) < 4.78 is 0. The molecule has 0 aromatic carbocycles. The van der Waals surface area contributed by atoms with Gasteiger partial charge < -0.3 is 10.2 Å². The van der Waals surface area contributed by atoms with Crippen LogP contribution >= 0.6 is 0 Å². The molecule has 0 aliphatic heterocycles. The van der Waals surface area contributed by atoms with Gasteiger partial charge in [-0.2, -0.15) is 0 Å². The largest absolute Gasteiger partial charge is 0.478 e. The van der Waals surface area contributed by atoms with E-state index in [1.54, 1.807) is 6.08 Å². The molecule has 1 saturated carbocycles. The van der Waals surface area contributed by atoms with Crippen LogP contribution < -0.4 is 0 Å². The second-order valence-electron chi connectivity index (χ2n) is 10.2. The SMILES string of the molecule is CC(C)=CCCC(C)C1CCC2(C)CC3C(C)=CC(=O)C3=C(C(=O)O)C(O)CC12. The maximum absolute atomic E-state index is 12.6. The molecule has 6 unspecified atom stereocenters. The Kier molecular flexibility index (Phi) is 6.24. The molecule has 0 aromatic rings. The number of carbonyl (C=O) groups excluding carboxylic acids is 1. The average molecular weight is 401 g/mol. The van der Waals surface area contributed by atoms with E-state index < -0.39 is 12.1 Å². The third kappa shape index (κ3) is 4.14. The summed E-state index contributed by atoms with van der Waals surface area (Å²) in [5.41, 5.74) is 2.58. The molecular weight excluding hydrogens is 364 g/mol. The number of aliphatic hydroxyl groups excluding tert-OH is 1. The normalized spacial score (nSPS) is 35.4. The number of ketones is 1. The van der Waals surface area contributed by atoms with Crippen molar-refractivity contribution >= 4 is 11.8 Å². The summed E-state index contributed by atoms with van der Waals surface area (Å²) >= 11 is 0. The van der Waals surface area contributed by atoms with Gasteiger partial charge in [-0.25, -0.2) is 4.79 Å². The maximum atomic E-state index is 12.6. The van der Waals surface area contributed by atoms with Crippen LogP contribution in [0.15, 0.2) is 34.4 Å². The van der Waals surface area contributed by atoms with Crippen molar-refractivity contribution in [2.75, 3.05) is 0 Å². The lowest BCUT2D eigenvalue weighted by atomic mass is 9.63. The van der Waals surface area contributed by atoms with Gasteiger partial charge in [0.25, 0.3) is 0 Å². The molecule has 3 aliphatic rings. The number of carboxylic acids is 1. The lowest BCUT2D eigenvalue weighted by Gasteiger charge is -2.41. The topological polar surface area (TPSA) is 74.6 Å². The summed E-state index contributed by atoms with van der Waals surface area (Å²) in [5, 5.41) is 20.8. The van der Waals surface area contributed by atoms with Crippen LogP contribution in [0.3, 0.4) is 0 Å². The Hall–Kier alpha value is -1.68. The van der Waals surface area contributed by atoms with Gasteiger partial charge in [-0.05, 0) is 88.5 Å². The van der Waals surface area contributed by atoms with Crippen LogP contribution in [0.5, 0.6) is 0 Å². The van der Waals surface area contributed by atoms with E-state index in [4.69, 9.17) is 0 Å². The quantitative estimate of drug-likeness (QED) is 0.631. The van der Waals surface area contributed by atoms with Crippen molar-refractivity contribution in [3.63, 3.8) is 0 Å². The summed E-state index contributed by atoms with van der Waals surface area (Å²) in [7, 11) is 0. The van der Waals surface area contributed by atoms with Crippen molar-refractivity contribution in [3.05, 3.63) is 34.4 Å². The highest BCUT2D eigenvalue weighted by Gasteiger charge is 2.52. The second kappa shape index (κ2) is 8.22. The first kappa shape index (κ1) is 22.0. The predicted molar refractivity (Wildman–Crippen MR) is 114 cm³/mol. The summed E-state index contributed by atoms with van der Waals surface area (Å²) in [6.45, 7) is 10.8. The Morgan fingerprint density at radius 1 is 1.38 bits per heavy atom. The Balaban J connectivity index is 1.93. The van der Waals surface area contributed by atoms with Gasteiger partial charge in [0, 0.05) is 11.5 Å². The molecule has 0 bridgehead atoms. The molecule has 0 aromatic heterocycles. The first-order valence-corrected chi connectivity index (χ1v) is 11.1. The van der Waals surface area contributed by atoms with E-state index in [9.17, 15) is 19.8 Å². The highest BCUT2D eigenvalue weighted by atomic mass is 16.4. The molecule has 4 heteroatoms. The number of carbonyl (C=O) groups is 2. The molecule has 0 radical (unpaired) electrons. The third-order valence-corrected chi connectivity index (χ3v) is 7.89. The zero-order chi connectivity index (χ0) is 21.5. The number of aliphatic hydroxyl groups is 1. The molecule has 0 saturated heterocycles. The molecule has 3 aliphatic carbocycles. The second-order valence-corrected chi connectivity index (χ2v) is 10.2. The van der Waals surface area contributed by atoms with Gasteiger partial charge in [0.05, 0.1) is 11.7 Å². The summed E-state index contributed by atoms with van der Waals surface area (Å²) in [6, 6.07) is 0. The molecule has 1 fully saturated rings. The van der Waals surface area contributed by atoms with E-state index >= 15 is 0 Å². The van der Waals surface area contributed by atoms with Crippen LogP contribution in [0.4, 0.5) is 0 Å². The highest BCUT2D eigenvalue weighted by molar-refractivity contribution is 6.12. The number of fused-ring (bicyclic) bond motifs is 2. The van der Waals surface area contributed by atoms with Gasteiger partial charge in [-0.1, -0.05) is 31.1 Å². The third-order valence-electron chi connectivity index (χ3n) is 7.89. The van der Waals surface area contributed by atoms with Crippen LogP contribution in [0.1, 0.15) is 73.1 Å². The molecular formula is C25H36O4. The fourth-order valence-electron chi connectivity index (χ4n) is 6.27. The molecule has 160 valence electrons. The minimum absolute atomic E-state index is 0.0239. The number of hydrogen-bond donors (Lipinski definition) is 2. The van der Waals surface area contributed by atoms with E-state index in [0.717, 1.165) is 37.7 Å². The lowest BCUT2D eigenvalue weighted by Crippen LogP contribution is -2.38.